The summed E-state index contributed by atoms with van der Waals surface area (Å²) < 4.78 is 9.78. The van der Waals surface area contributed by atoms with Crippen LogP contribution in [0.15, 0.2) is 48.5 Å². The number of esters is 1. The zero-order valence-electron chi connectivity index (χ0n) is 12.5. The third-order valence-corrected chi connectivity index (χ3v) is 3.13. The monoisotopic (exact) mass is 299 g/mol. The first-order valence-corrected chi connectivity index (χ1v) is 6.73. The van der Waals surface area contributed by atoms with Crippen molar-refractivity contribution in [2.45, 2.75) is 6.54 Å². The molecule has 0 aliphatic heterocycles. The van der Waals surface area contributed by atoms with Gasteiger partial charge in [-0.3, -0.25) is 4.79 Å². The Balaban J connectivity index is 2.04. The van der Waals surface area contributed by atoms with E-state index in [1.54, 1.807) is 25.3 Å². The van der Waals surface area contributed by atoms with E-state index in [2.05, 4.69) is 10.1 Å². The third-order valence-electron chi connectivity index (χ3n) is 3.13. The fraction of sp³-hybridized carbons (Fsp3) is 0.176. The van der Waals surface area contributed by atoms with Gasteiger partial charge in [-0.15, -0.1) is 0 Å². The van der Waals surface area contributed by atoms with E-state index in [0.717, 1.165) is 11.3 Å². The smallest absolute Gasteiger partial charge is 0.337 e. The molecular weight excluding hydrogens is 282 g/mol. The average molecular weight is 299 g/mol. The Morgan fingerprint density at radius 3 is 2.45 bits per heavy atom. The molecule has 5 heteroatoms. The van der Waals surface area contributed by atoms with Crippen LogP contribution in [0.5, 0.6) is 5.75 Å². The normalized spacial score (nSPS) is 9.91. The molecule has 0 radical (unpaired) electrons. The minimum atomic E-state index is -0.470. The molecule has 0 bridgehead atoms. The maximum absolute atomic E-state index is 12.1. The van der Waals surface area contributed by atoms with Crippen molar-refractivity contribution in [1.29, 1.82) is 0 Å². The van der Waals surface area contributed by atoms with Gasteiger partial charge in [0.15, 0.2) is 0 Å². The number of nitrogens with one attached hydrogen (secondary N) is 1. The highest BCUT2D eigenvalue weighted by Crippen LogP contribution is 2.12. The molecule has 0 unspecified atom stereocenters. The number of hydrogen-bond donors (Lipinski definition) is 1. The molecule has 2 rings (SSSR count). The number of methoxy groups -OCH3 is 2. The standard InChI is InChI=1S/C17H17NO4/c1-21-15-8-3-5-12(9-15)11-18-16(19)13-6-4-7-14(10-13)17(20)22-2/h3-10H,11H2,1-2H3,(H,18,19). The third kappa shape index (κ3) is 3.85. The Labute approximate surface area is 128 Å². The molecule has 1 N–H and O–H groups in total. The molecule has 2 aromatic carbocycles. The van der Waals surface area contributed by atoms with Crippen LogP contribution in [0, 0.1) is 0 Å². The predicted octanol–water partition coefficient (Wildman–Crippen LogP) is 2.41. The minimum Gasteiger partial charge on any atom is -0.497 e. The first kappa shape index (κ1) is 15.6. The predicted molar refractivity (Wildman–Crippen MR) is 81.9 cm³/mol. The second-order valence-corrected chi connectivity index (χ2v) is 4.61. The van der Waals surface area contributed by atoms with Gasteiger partial charge < -0.3 is 14.8 Å². The zero-order chi connectivity index (χ0) is 15.9. The molecule has 0 aliphatic carbocycles. The lowest BCUT2D eigenvalue weighted by Crippen LogP contribution is -2.23. The van der Waals surface area contributed by atoms with Crippen molar-refractivity contribution in [3.05, 3.63) is 65.2 Å². The van der Waals surface area contributed by atoms with E-state index in [4.69, 9.17) is 4.74 Å². The number of carbonyl (C=O) groups is 2. The van der Waals surface area contributed by atoms with Gasteiger partial charge >= 0.3 is 5.97 Å². The van der Waals surface area contributed by atoms with Crippen LogP contribution in [-0.2, 0) is 11.3 Å². The number of hydrogen-bond acceptors (Lipinski definition) is 4. The molecule has 5 nitrogen and oxygen atoms in total. The van der Waals surface area contributed by atoms with Crippen molar-refractivity contribution in [1.82, 2.24) is 5.32 Å². The Morgan fingerprint density at radius 1 is 1.00 bits per heavy atom. The Morgan fingerprint density at radius 2 is 1.73 bits per heavy atom. The molecule has 114 valence electrons. The summed E-state index contributed by atoms with van der Waals surface area (Å²) in [6.07, 6.45) is 0. The minimum absolute atomic E-state index is 0.256. The van der Waals surface area contributed by atoms with Crippen LogP contribution in [0.1, 0.15) is 26.3 Å². The van der Waals surface area contributed by atoms with E-state index in [1.165, 1.54) is 13.2 Å². The lowest BCUT2D eigenvalue weighted by molar-refractivity contribution is 0.0600. The average Bonchev–Trinajstić information content (AvgIpc) is 2.59. The number of benzene rings is 2. The van der Waals surface area contributed by atoms with Gasteiger partial charge in [-0.25, -0.2) is 4.79 Å². The first-order chi connectivity index (χ1) is 10.6. The summed E-state index contributed by atoms with van der Waals surface area (Å²) in [6, 6.07) is 13.8. The molecule has 0 saturated heterocycles. The second-order valence-electron chi connectivity index (χ2n) is 4.61. The molecule has 0 fully saturated rings. The summed E-state index contributed by atoms with van der Waals surface area (Å²) in [5.41, 5.74) is 1.68. The van der Waals surface area contributed by atoms with Gasteiger partial charge in [-0.2, -0.15) is 0 Å². The molecule has 1 amide bonds. The van der Waals surface area contributed by atoms with Gasteiger partial charge in [-0.05, 0) is 35.9 Å². The lowest BCUT2D eigenvalue weighted by Gasteiger charge is -2.08. The fourth-order valence-corrected chi connectivity index (χ4v) is 1.97. The largest absolute Gasteiger partial charge is 0.497 e. The molecule has 0 aliphatic rings. The fourth-order valence-electron chi connectivity index (χ4n) is 1.97. The summed E-state index contributed by atoms with van der Waals surface area (Å²) in [6.45, 7) is 0.373. The van der Waals surface area contributed by atoms with Crippen LogP contribution in [0.3, 0.4) is 0 Å². The van der Waals surface area contributed by atoms with E-state index in [9.17, 15) is 9.59 Å². The maximum atomic E-state index is 12.1. The van der Waals surface area contributed by atoms with Crippen LogP contribution < -0.4 is 10.1 Å². The highest BCUT2D eigenvalue weighted by Gasteiger charge is 2.10. The van der Waals surface area contributed by atoms with Crippen molar-refractivity contribution in [3.63, 3.8) is 0 Å². The van der Waals surface area contributed by atoms with Gasteiger partial charge in [0.1, 0.15) is 5.75 Å². The van der Waals surface area contributed by atoms with E-state index in [0.29, 0.717) is 17.7 Å². The molecule has 0 saturated carbocycles. The number of amides is 1. The summed E-state index contributed by atoms with van der Waals surface area (Å²) in [5, 5.41) is 2.80. The summed E-state index contributed by atoms with van der Waals surface area (Å²) in [5.74, 6) is 0.00968. The Kier molecular flexibility index (Phi) is 5.14. The topological polar surface area (TPSA) is 64.6 Å². The van der Waals surface area contributed by atoms with Crippen molar-refractivity contribution in [3.8, 4) is 5.75 Å². The molecular formula is C17H17NO4. The zero-order valence-corrected chi connectivity index (χ0v) is 12.5. The Bertz CT molecular complexity index is 682. The van der Waals surface area contributed by atoms with Crippen LogP contribution in [0.2, 0.25) is 0 Å². The number of ether oxygens (including phenoxy) is 2. The van der Waals surface area contributed by atoms with Gasteiger partial charge in [0.2, 0.25) is 0 Å². The van der Waals surface area contributed by atoms with Gasteiger partial charge in [-0.1, -0.05) is 18.2 Å². The van der Waals surface area contributed by atoms with E-state index in [-0.39, 0.29) is 5.91 Å². The van der Waals surface area contributed by atoms with Crippen molar-refractivity contribution in [2.75, 3.05) is 14.2 Å². The first-order valence-electron chi connectivity index (χ1n) is 6.73. The SMILES string of the molecule is COC(=O)c1cccc(C(=O)NCc2cccc(OC)c2)c1. The molecule has 2 aromatic rings. The molecule has 0 atom stereocenters. The highest BCUT2D eigenvalue weighted by atomic mass is 16.5. The van der Waals surface area contributed by atoms with Gasteiger partial charge in [0.05, 0.1) is 19.8 Å². The molecule has 0 spiro atoms. The lowest BCUT2D eigenvalue weighted by atomic mass is 10.1. The van der Waals surface area contributed by atoms with E-state index in [1.807, 2.05) is 24.3 Å². The van der Waals surface area contributed by atoms with E-state index >= 15 is 0 Å². The van der Waals surface area contributed by atoms with Crippen molar-refractivity contribution >= 4 is 11.9 Å². The van der Waals surface area contributed by atoms with Crippen molar-refractivity contribution in [2.24, 2.45) is 0 Å². The maximum Gasteiger partial charge on any atom is 0.337 e. The van der Waals surface area contributed by atoms with Gasteiger partial charge in [0, 0.05) is 12.1 Å². The number of carbonyl (C=O) groups excluding carboxylic acids is 2. The van der Waals surface area contributed by atoms with E-state index < -0.39 is 5.97 Å². The quantitative estimate of drug-likeness (QED) is 0.861. The summed E-state index contributed by atoms with van der Waals surface area (Å²) in [7, 11) is 2.90. The van der Waals surface area contributed by atoms with Crippen LogP contribution in [-0.4, -0.2) is 26.1 Å². The Hall–Kier alpha value is -2.82. The second kappa shape index (κ2) is 7.26. The van der Waals surface area contributed by atoms with Crippen LogP contribution in [0.4, 0.5) is 0 Å². The van der Waals surface area contributed by atoms with Crippen LogP contribution in [0.25, 0.3) is 0 Å². The number of rotatable bonds is 5. The molecule has 22 heavy (non-hydrogen) atoms. The molecule has 0 aromatic heterocycles. The van der Waals surface area contributed by atoms with Crippen molar-refractivity contribution < 1.29 is 19.1 Å². The highest BCUT2D eigenvalue weighted by molar-refractivity contribution is 5.97. The van der Waals surface area contributed by atoms with Crippen LogP contribution >= 0.6 is 0 Å². The van der Waals surface area contributed by atoms with Gasteiger partial charge in [0.25, 0.3) is 5.91 Å². The molecule has 0 heterocycles. The summed E-state index contributed by atoms with van der Waals surface area (Å²) >= 11 is 0. The summed E-state index contributed by atoms with van der Waals surface area (Å²) in [4.78, 5) is 23.6.